The molecule has 0 aromatic rings. The molecule has 1 aliphatic heterocycles. The van der Waals surface area contributed by atoms with Crippen LogP contribution in [0.2, 0.25) is 0 Å². The van der Waals surface area contributed by atoms with Crippen molar-refractivity contribution < 1.29 is 0 Å². The number of hydrogen-bond donors (Lipinski definition) is 1. The highest BCUT2D eigenvalue weighted by molar-refractivity contribution is 5.02. The second-order valence-corrected chi connectivity index (χ2v) is 4.57. The Labute approximate surface area is 68.6 Å². The molecule has 1 saturated heterocycles. The average Bonchev–Trinajstić information content (AvgIpc) is 2.52. The number of fused-ring (bicyclic) bond motifs is 3. The molecule has 0 bridgehead atoms. The van der Waals surface area contributed by atoms with Crippen LogP contribution in [0.5, 0.6) is 0 Å². The van der Waals surface area contributed by atoms with Gasteiger partial charge in [0.25, 0.3) is 0 Å². The molecule has 0 amide bonds. The maximum atomic E-state index is 3.81. The lowest BCUT2D eigenvalue weighted by molar-refractivity contribution is 0.384. The van der Waals surface area contributed by atoms with E-state index in [2.05, 4.69) is 5.32 Å². The lowest BCUT2D eigenvalue weighted by Gasteiger charge is -2.14. The average molecular weight is 151 g/mol. The molecule has 0 radical (unpaired) electrons. The SMILES string of the molecule is C1C[C@H]2[C@@H]3CCC[C@@H]3N[C@H]2C1. The predicted molar refractivity (Wildman–Crippen MR) is 45.4 cm³/mol. The first kappa shape index (κ1) is 6.47. The molecule has 1 nitrogen and oxygen atoms in total. The third kappa shape index (κ3) is 0.807. The molecular weight excluding hydrogens is 134 g/mol. The van der Waals surface area contributed by atoms with Gasteiger partial charge in [-0.2, -0.15) is 0 Å². The Morgan fingerprint density at radius 1 is 0.727 bits per heavy atom. The largest absolute Gasteiger partial charge is 0.311 e. The van der Waals surface area contributed by atoms with Gasteiger partial charge in [0, 0.05) is 12.1 Å². The minimum Gasteiger partial charge on any atom is -0.311 e. The van der Waals surface area contributed by atoms with Crippen molar-refractivity contribution in [3.63, 3.8) is 0 Å². The summed E-state index contributed by atoms with van der Waals surface area (Å²) in [5.74, 6) is 2.17. The van der Waals surface area contributed by atoms with E-state index in [0.29, 0.717) is 0 Å². The van der Waals surface area contributed by atoms with E-state index >= 15 is 0 Å². The van der Waals surface area contributed by atoms with Gasteiger partial charge in [0.05, 0.1) is 0 Å². The first-order valence-electron chi connectivity index (χ1n) is 5.21. The minimum atomic E-state index is 0.935. The number of hydrogen-bond acceptors (Lipinski definition) is 1. The Hall–Kier alpha value is -0.0400. The van der Waals surface area contributed by atoms with Gasteiger partial charge >= 0.3 is 0 Å². The minimum absolute atomic E-state index is 0.935. The molecule has 2 saturated carbocycles. The van der Waals surface area contributed by atoms with Crippen molar-refractivity contribution in [2.75, 3.05) is 0 Å². The van der Waals surface area contributed by atoms with Crippen LogP contribution in [-0.2, 0) is 0 Å². The van der Waals surface area contributed by atoms with Gasteiger partial charge in [0.2, 0.25) is 0 Å². The zero-order valence-corrected chi connectivity index (χ0v) is 7.05. The van der Waals surface area contributed by atoms with Crippen LogP contribution in [0, 0.1) is 11.8 Å². The van der Waals surface area contributed by atoms with Crippen LogP contribution in [0.25, 0.3) is 0 Å². The molecule has 11 heavy (non-hydrogen) atoms. The van der Waals surface area contributed by atoms with Gasteiger partial charge in [-0.3, -0.25) is 0 Å². The molecule has 3 fully saturated rings. The molecule has 0 aromatic carbocycles. The molecule has 2 aliphatic carbocycles. The molecule has 3 rings (SSSR count). The fourth-order valence-electron chi connectivity index (χ4n) is 3.69. The predicted octanol–water partition coefficient (Wildman–Crippen LogP) is 1.93. The van der Waals surface area contributed by atoms with Gasteiger partial charge in [-0.15, -0.1) is 0 Å². The lowest BCUT2D eigenvalue weighted by atomic mass is 9.90. The topological polar surface area (TPSA) is 12.0 Å². The summed E-state index contributed by atoms with van der Waals surface area (Å²) in [7, 11) is 0. The third-order valence-electron chi connectivity index (χ3n) is 4.12. The van der Waals surface area contributed by atoms with Crippen molar-refractivity contribution in [3.05, 3.63) is 0 Å². The lowest BCUT2D eigenvalue weighted by Crippen LogP contribution is -2.28. The van der Waals surface area contributed by atoms with Crippen molar-refractivity contribution in [1.82, 2.24) is 5.32 Å². The van der Waals surface area contributed by atoms with Crippen LogP contribution in [0.3, 0.4) is 0 Å². The zero-order chi connectivity index (χ0) is 7.26. The van der Waals surface area contributed by atoms with E-state index in [-0.39, 0.29) is 0 Å². The molecule has 1 heterocycles. The quantitative estimate of drug-likeness (QED) is 0.558. The van der Waals surface area contributed by atoms with E-state index in [1.54, 1.807) is 0 Å². The van der Waals surface area contributed by atoms with Gasteiger partial charge in [0.15, 0.2) is 0 Å². The van der Waals surface area contributed by atoms with Gasteiger partial charge in [-0.1, -0.05) is 12.8 Å². The summed E-state index contributed by atoms with van der Waals surface area (Å²) in [5, 5.41) is 3.81. The summed E-state index contributed by atoms with van der Waals surface area (Å²) in [6.45, 7) is 0. The van der Waals surface area contributed by atoms with E-state index in [1.165, 1.54) is 38.5 Å². The Balaban J connectivity index is 1.84. The molecule has 62 valence electrons. The molecule has 1 heteroatoms. The Bertz CT molecular complexity index is 148. The van der Waals surface area contributed by atoms with E-state index in [4.69, 9.17) is 0 Å². The summed E-state index contributed by atoms with van der Waals surface area (Å²) in [4.78, 5) is 0. The number of rotatable bonds is 0. The van der Waals surface area contributed by atoms with E-state index in [9.17, 15) is 0 Å². The van der Waals surface area contributed by atoms with Crippen LogP contribution < -0.4 is 5.32 Å². The maximum Gasteiger partial charge on any atom is 0.0101 e. The van der Waals surface area contributed by atoms with E-state index in [0.717, 1.165) is 23.9 Å². The fourth-order valence-corrected chi connectivity index (χ4v) is 3.69. The summed E-state index contributed by atoms with van der Waals surface area (Å²) in [6, 6.07) is 1.87. The zero-order valence-electron chi connectivity index (χ0n) is 7.05. The second kappa shape index (κ2) is 2.22. The van der Waals surface area contributed by atoms with Crippen molar-refractivity contribution in [3.8, 4) is 0 Å². The summed E-state index contributed by atoms with van der Waals surface area (Å²) < 4.78 is 0. The highest BCUT2D eigenvalue weighted by atomic mass is 15.0. The van der Waals surface area contributed by atoms with Crippen LogP contribution in [0.4, 0.5) is 0 Å². The van der Waals surface area contributed by atoms with Crippen molar-refractivity contribution in [1.29, 1.82) is 0 Å². The third-order valence-corrected chi connectivity index (χ3v) is 4.12. The van der Waals surface area contributed by atoms with Crippen molar-refractivity contribution >= 4 is 0 Å². The van der Waals surface area contributed by atoms with E-state index in [1.807, 2.05) is 0 Å². The van der Waals surface area contributed by atoms with Crippen molar-refractivity contribution in [2.45, 2.75) is 50.6 Å². The van der Waals surface area contributed by atoms with E-state index < -0.39 is 0 Å². The molecule has 1 N–H and O–H groups in total. The van der Waals surface area contributed by atoms with Crippen LogP contribution >= 0.6 is 0 Å². The standard InChI is InChI=1S/C10H17N/c1-3-7-8-4-2-6-10(8)11-9(7)5-1/h7-11H,1-6H2/t7-,8-,9-,10-/m0/s1. The first-order chi connectivity index (χ1) is 5.45. The van der Waals surface area contributed by atoms with Crippen LogP contribution in [0.15, 0.2) is 0 Å². The van der Waals surface area contributed by atoms with Gasteiger partial charge in [-0.25, -0.2) is 0 Å². The molecule has 4 atom stereocenters. The second-order valence-electron chi connectivity index (χ2n) is 4.57. The van der Waals surface area contributed by atoms with Crippen LogP contribution in [-0.4, -0.2) is 12.1 Å². The molecule has 0 aromatic heterocycles. The van der Waals surface area contributed by atoms with Gasteiger partial charge in [0.1, 0.15) is 0 Å². The highest BCUT2D eigenvalue weighted by Crippen LogP contribution is 2.45. The first-order valence-corrected chi connectivity index (χ1v) is 5.21. The van der Waals surface area contributed by atoms with Crippen molar-refractivity contribution in [2.24, 2.45) is 11.8 Å². The molecular formula is C10H17N. The highest BCUT2D eigenvalue weighted by Gasteiger charge is 2.46. The summed E-state index contributed by atoms with van der Waals surface area (Å²) >= 11 is 0. The van der Waals surface area contributed by atoms with Gasteiger partial charge in [-0.05, 0) is 37.5 Å². The monoisotopic (exact) mass is 151 g/mol. The smallest absolute Gasteiger partial charge is 0.0101 e. The Morgan fingerprint density at radius 3 is 1.82 bits per heavy atom. The van der Waals surface area contributed by atoms with Crippen LogP contribution in [0.1, 0.15) is 38.5 Å². The molecule has 0 unspecified atom stereocenters. The summed E-state index contributed by atoms with van der Waals surface area (Å²) in [6.07, 6.45) is 8.98. The Kier molecular flexibility index (Phi) is 1.31. The Morgan fingerprint density at radius 2 is 1.27 bits per heavy atom. The van der Waals surface area contributed by atoms with Gasteiger partial charge < -0.3 is 5.32 Å². The summed E-state index contributed by atoms with van der Waals surface area (Å²) in [5.41, 5.74) is 0. The fraction of sp³-hybridized carbons (Fsp3) is 1.00. The molecule has 3 aliphatic rings. The molecule has 0 spiro atoms. The normalized spacial score (nSPS) is 54.5. The maximum absolute atomic E-state index is 3.81. The number of nitrogens with one attached hydrogen (secondary N) is 1.